The number of anilines is 1. The Labute approximate surface area is 220 Å². The summed E-state index contributed by atoms with van der Waals surface area (Å²) in [5, 5.41) is 14.7. The number of benzene rings is 3. The molecule has 2 fully saturated rings. The van der Waals surface area contributed by atoms with Gasteiger partial charge in [0.1, 0.15) is 11.9 Å². The number of nitrogens with one attached hydrogen (secondary N) is 1. The molecule has 0 aliphatic carbocycles. The zero-order valence-electron chi connectivity index (χ0n) is 21.3. The van der Waals surface area contributed by atoms with Crippen LogP contribution in [0.4, 0.5) is 10.1 Å². The molecule has 2 atom stereocenters. The van der Waals surface area contributed by atoms with Crippen LogP contribution >= 0.6 is 0 Å². The lowest BCUT2D eigenvalue weighted by molar-refractivity contribution is -0.134. The molecule has 2 aliphatic heterocycles. The molecule has 38 heavy (non-hydrogen) atoms. The third kappa shape index (κ3) is 5.06. The molecular weight excluding hydrogens is 487 g/mol. The number of hydrogen-bond acceptors (Lipinski definition) is 5. The summed E-state index contributed by atoms with van der Waals surface area (Å²) in [6.07, 6.45) is 2.12. The number of amides is 3. The highest BCUT2D eigenvalue weighted by Crippen LogP contribution is 2.36. The molecule has 0 radical (unpaired) electrons. The monoisotopic (exact) mass is 518 g/mol. The van der Waals surface area contributed by atoms with Crippen molar-refractivity contribution in [1.29, 1.82) is 0 Å². The van der Waals surface area contributed by atoms with Gasteiger partial charge in [-0.2, -0.15) is 0 Å². The molecular formula is C30H31FN2O5. The molecule has 7 nitrogen and oxygen atoms in total. The van der Waals surface area contributed by atoms with Gasteiger partial charge >= 0.3 is 0 Å². The van der Waals surface area contributed by atoms with Gasteiger partial charge in [-0.1, -0.05) is 36.4 Å². The van der Waals surface area contributed by atoms with Crippen LogP contribution in [-0.2, 0) is 25.5 Å². The van der Waals surface area contributed by atoms with E-state index in [0.717, 1.165) is 34.7 Å². The number of imide groups is 1. The van der Waals surface area contributed by atoms with Crippen LogP contribution < -0.4 is 10.2 Å². The highest BCUT2D eigenvalue weighted by atomic mass is 19.1. The van der Waals surface area contributed by atoms with E-state index < -0.39 is 18.1 Å². The average Bonchev–Trinajstić information content (AvgIpc) is 2.92. The molecule has 0 spiro atoms. The summed E-state index contributed by atoms with van der Waals surface area (Å²) in [4.78, 5) is 37.7. The zero-order chi connectivity index (χ0) is 26.8. The first-order chi connectivity index (χ1) is 18.4. The van der Waals surface area contributed by atoms with Crippen molar-refractivity contribution in [3.05, 3.63) is 76.6 Å². The summed E-state index contributed by atoms with van der Waals surface area (Å²) < 4.78 is 20.6. The van der Waals surface area contributed by atoms with Crippen LogP contribution in [0.5, 0.6) is 0 Å². The number of carbonyl (C=O) groups is 3. The number of nitrogens with zero attached hydrogens (tertiary/aromatic N) is 1. The lowest BCUT2D eigenvalue weighted by Gasteiger charge is -2.31. The van der Waals surface area contributed by atoms with Gasteiger partial charge in [0.05, 0.1) is 11.8 Å². The van der Waals surface area contributed by atoms with E-state index in [-0.39, 0.29) is 30.5 Å². The highest BCUT2D eigenvalue weighted by molar-refractivity contribution is 6.08. The van der Waals surface area contributed by atoms with E-state index in [4.69, 9.17) is 4.74 Å². The zero-order valence-corrected chi connectivity index (χ0v) is 21.3. The first-order valence-electron chi connectivity index (χ1n) is 13.0. The fourth-order valence-corrected chi connectivity index (χ4v) is 5.64. The van der Waals surface area contributed by atoms with Crippen LogP contribution in [0.25, 0.3) is 10.8 Å². The minimum Gasteiger partial charge on any atom is -0.388 e. The lowest BCUT2D eigenvalue weighted by Crippen LogP contribution is -2.52. The van der Waals surface area contributed by atoms with E-state index in [1.54, 1.807) is 18.2 Å². The third-order valence-corrected chi connectivity index (χ3v) is 7.77. The van der Waals surface area contributed by atoms with Crippen molar-refractivity contribution in [3.63, 3.8) is 0 Å². The molecule has 0 aromatic heterocycles. The maximum atomic E-state index is 15.3. The third-order valence-electron chi connectivity index (χ3n) is 7.77. The number of aryl methyl sites for hydroxylation is 1. The average molecular weight is 519 g/mol. The lowest BCUT2D eigenvalue weighted by atomic mass is 9.88. The van der Waals surface area contributed by atoms with Crippen molar-refractivity contribution in [1.82, 2.24) is 5.32 Å². The predicted octanol–water partition coefficient (Wildman–Crippen LogP) is 4.11. The molecule has 3 aromatic carbocycles. The SMILES string of the molecule is Cc1cccc2c(Cc3ccc(C(O)C4CCOCC4)cc3F)ccc(N(C=O)C3CCC(=O)NC3=O)c12. The summed E-state index contributed by atoms with van der Waals surface area (Å²) in [5.74, 6) is -1.17. The summed E-state index contributed by atoms with van der Waals surface area (Å²) in [5.41, 5.74) is 3.43. The van der Waals surface area contributed by atoms with Crippen LogP contribution in [0.2, 0.25) is 0 Å². The molecule has 2 unspecified atom stereocenters. The number of piperidine rings is 1. The van der Waals surface area contributed by atoms with Crippen molar-refractivity contribution in [3.8, 4) is 0 Å². The Hall–Kier alpha value is -3.62. The van der Waals surface area contributed by atoms with Crippen LogP contribution in [0.1, 0.15) is 54.0 Å². The van der Waals surface area contributed by atoms with Crippen LogP contribution in [-0.4, -0.2) is 42.6 Å². The minimum atomic E-state index is -0.786. The smallest absolute Gasteiger partial charge is 0.249 e. The Balaban J connectivity index is 1.46. The van der Waals surface area contributed by atoms with Crippen molar-refractivity contribution >= 4 is 34.7 Å². The summed E-state index contributed by atoms with van der Waals surface area (Å²) >= 11 is 0. The molecule has 2 aliphatic rings. The fourth-order valence-electron chi connectivity index (χ4n) is 5.64. The predicted molar refractivity (Wildman–Crippen MR) is 141 cm³/mol. The van der Waals surface area contributed by atoms with Gasteiger partial charge in [0, 0.05) is 31.4 Å². The van der Waals surface area contributed by atoms with E-state index in [1.165, 1.54) is 11.0 Å². The second-order valence-corrected chi connectivity index (χ2v) is 10.1. The number of carbonyl (C=O) groups excluding carboxylic acids is 3. The second-order valence-electron chi connectivity index (χ2n) is 10.1. The van der Waals surface area contributed by atoms with Gasteiger partial charge < -0.3 is 14.7 Å². The standard InChI is InChI=1S/C30H31FN2O5/c1-18-3-2-4-23-20(7-8-25(28(18)23)33(17-34)26-9-10-27(35)32-30(26)37)15-21-5-6-22(16-24(21)31)29(36)19-11-13-38-14-12-19/h2-8,16-17,19,26,29,36H,9-15H2,1H3,(H,32,35,37). The summed E-state index contributed by atoms with van der Waals surface area (Å²) in [7, 11) is 0. The first-order valence-corrected chi connectivity index (χ1v) is 13.0. The molecule has 8 heteroatoms. The summed E-state index contributed by atoms with van der Waals surface area (Å²) in [6.45, 7) is 3.14. The molecule has 0 saturated carbocycles. The quantitative estimate of drug-likeness (QED) is 0.363. The summed E-state index contributed by atoms with van der Waals surface area (Å²) in [6, 6.07) is 13.5. The van der Waals surface area contributed by atoms with E-state index in [0.29, 0.717) is 42.9 Å². The molecule has 3 aromatic rings. The molecule has 2 N–H and O–H groups in total. The van der Waals surface area contributed by atoms with Gasteiger partial charge in [0.2, 0.25) is 18.2 Å². The minimum absolute atomic E-state index is 0.0543. The topological polar surface area (TPSA) is 95.9 Å². The number of aliphatic hydroxyl groups excluding tert-OH is 1. The molecule has 198 valence electrons. The highest BCUT2D eigenvalue weighted by Gasteiger charge is 2.33. The molecule has 3 amide bonds. The van der Waals surface area contributed by atoms with Crippen LogP contribution in [0.15, 0.2) is 48.5 Å². The van der Waals surface area contributed by atoms with Crippen LogP contribution in [0.3, 0.4) is 0 Å². The number of halogens is 1. The number of fused-ring (bicyclic) bond motifs is 1. The Bertz CT molecular complexity index is 1380. The van der Waals surface area contributed by atoms with Crippen molar-refractivity contribution in [2.45, 2.75) is 51.2 Å². The van der Waals surface area contributed by atoms with E-state index in [1.807, 2.05) is 31.2 Å². The normalized spacial score (nSPS) is 19.3. The van der Waals surface area contributed by atoms with E-state index >= 15 is 4.39 Å². The van der Waals surface area contributed by atoms with Crippen molar-refractivity contribution in [2.24, 2.45) is 5.92 Å². The Morgan fingerprint density at radius 1 is 1.11 bits per heavy atom. The van der Waals surface area contributed by atoms with E-state index in [9.17, 15) is 19.5 Å². The van der Waals surface area contributed by atoms with Gasteiger partial charge in [-0.25, -0.2) is 4.39 Å². The van der Waals surface area contributed by atoms with Gasteiger partial charge in [-0.15, -0.1) is 0 Å². The number of ether oxygens (including phenoxy) is 1. The van der Waals surface area contributed by atoms with Gasteiger partial charge in [-0.05, 0) is 71.9 Å². The Kier molecular flexibility index (Phi) is 7.53. The molecule has 2 heterocycles. The van der Waals surface area contributed by atoms with Crippen molar-refractivity contribution in [2.75, 3.05) is 18.1 Å². The largest absolute Gasteiger partial charge is 0.388 e. The Morgan fingerprint density at radius 2 is 1.87 bits per heavy atom. The Morgan fingerprint density at radius 3 is 2.58 bits per heavy atom. The number of aliphatic hydroxyl groups is 1. The van der Waals surface area contributed by atoms with Crippen molar-refractivity contribution < 1.29 is 28.6 Å². The maximum Gasteiger partial charge on any atom is 0.249 e. The van der Waals surface area contributed by atoms with Crippen LogP contribution in [0, 0.1) is 18.7 Å². The van der Waals surface area contributed by atoms with E-state index in [2.05, 4.69) is 5.32 Å². The van der Waals surface area contributed by atoms with Gasteiger partial charge in [0.25, 0.3) is 0 Å². The molecule has 2 saturated heterocycles. The van der Waals surface area contributed by atoms with Gasteiger partial charge in [0.15, 0.2) is 0 Å². The fraction of sp³-hybridized carbons (Fsp3) is 0.367. The first kappa shape index (κ1) is 26.0. The second kappa shape index (κ2) is 11.0. The molecule has 0 bridgehead atoms. The number of rotatable bonds is 7. The maximum absolute atomic E-state index is 15.3. The van der Waals surface area contributed by atoms with Gasteiger partial charge in [-0.3, -0.25) is 19.7 Å². The number of hydrogen-bond donors (Lipinski definition) is 2. The molecule has 5 rings (SSSR count).